The van der Waals surface area contributed by atoms with Crippen LogP contribution in [0.4, 0.5) is 0 Å². The average molecular weight is 246 g/mol. The van der Waals surface area contributed by atoms with E-state index in [0.29, 0.717) is 12.5 Å². The molecule has 0 saturated carbocycles. The molecule has 18 heavy (non-hydrogen) atoms. The van der Waals surface area contributed by atoms with Crippen molar-refractivity contribution in [2.45, 2.75) is 32.2 Å². The van der Waals surface area contributed by atoms with Crippen molar-refractivity contribution in [2.24, 2.45) is 0 Å². The Morgan fingerprint density at radius 1 is 1.44 bits per heavy atom. The zero-order valence-corrected chi connectivity index (χ0v) is 11.3. The van der Waals surface area contributed by atoms with Gasteiger partial charge in [-0.1, -0.05) is 24.3 Å². The first-order valence-electron chi connectivity index (χ1n) is 6.70. The van der Waals surface area contributed by atoms with Crippen LogP contribution in [0.1, 0.15) is 24.0 Å². The molecule has 3 heteroatoms. The van der Waals surface area contributed by atoms with Crippen LogP contribution in [0, 0.1) is 6.92 Å². The van der Waals surface area contributed by atoms with Gasteiger partial charge in [-0.15, -0.1) is 0 Å². The highest BCUT2D eigenvalue weighted by Gasteiger charge is 2.22. The molecule has 2 rings (SSSR count). The molecule has 0 radical (unpaired) electrons. The molecule has 1 fully saturated rings. The lowest BCUT2D eigenvalue weighted by Crippen LogP contribution is -2.47. The lowest BCUT2D eigenvalue weighted by Gasteiger charge is -2.32. The highest BCUT2D eigenvalue weighted by molar-refractivity contribution is 5.79. The van der Waals surface area contributed by atoms with Crippen LogP contribution in [0.15, 0.2) is 24.3 Å². The third kappa shape index (κ3) is 3.10. The highest BCUT2D eigenvalue weighted by atomic mass is 16.2. The average Bonchev–Trinajstić information content (AvgIpc) is 2.41. The minimum absolute atomic E-state index is 0.254. The Labute approximate surface area is 109 Å². The number of carbonyl (C=O) groups is 1. The van der Waals surface area contributed by atoms with E-state index in [-0.39, 0.29) is 5.91 Å². The van der Waals surface area contributed by atoms with Crippen LogP contribution in [-0.4, -0.2) is 37.0 Å². The summed E-state index contributed by atoms with van der Waals surface area (Å²) >= 11 is 0. The Morgan fingerprint density at radius 3 is 2.94 bits per heavy atom. The zero-order valence-electron chi connectivity index (χ0n) is 11.3. The van der Waals surface area contributed by atoms with Crippen molar-refractivity contribution >= 4 is 5.91 Å². The molecule has 1 saturated heterocycles. The van der Waals surface area contributed by atoms with Gasteiger partial charge in [0.2, 0.25) is 5.91 Å². The van der Waals surface area contributed by atoms with Crippen LogP contribution < -0.4 is 5.32 Å². The van der Waals surface area contributed by atoms with Gasteiger partial charge in [0.1, 0.15) is 0 Å². The third-order valence-electron chi connectivity index (χ3n) is 3.79. The third-order valence-corrected chi connectivity index (χ3v) is 3.79. The van der Waals surface area contributed by atoms with Gasteiger partial charge in [-0.2, -0.15) is 0 Å². The normalized spacial score (nSPS) is 19.9. The van der Waals surface area contributed by atoms with Gasteiger partial charge in [-0.3, -0.25) is 4.79 Å². The fraction of sp³-hybridized carbons (Fsp3) is 0.533. The second kappa shape index (κ2) is 6.01. The van der Waals surface area contributed by atoms with E-state index < -0.39 is 0 Å². The summed E-state index contributed by atoms with van der Waals surface area (Å²) < 4.78 is 0. The molecule has 1 aliphatic rings. The van der Waals surface area contributed by atoms with E-state index >= 15 is 0 Å². The maximum Gasteiger partial charge on any atom is 0.227 e. The van der Waals surface area contributed by atoms with Gasteiger partial charge in [0, 0.05) is 19.1 Å². The number of hydrogen-bond acceptors (Lipinski definition) is 2. The number of aryl methyl sites for hydroxylation is 1. The maximum atomic E-state index is 12.3. The van der Waals surface area contributed by atoms with Gasteiger partial charge < -0.3 is 10.2 Å². The number of piperidine rings is 1. The van der Waals surface area contributed by atoms with Gasteiger partial charge in [0.15, 0.2) is 0 Å². The first-order valence-corrected chi connectivity index (χ1v) is 6.70. The number of amides is 1. The monoisotopic (exact) mass is 246 g/mol. The van der Waals surface area contributed by atoms with Crippen molar-refractivity contribution in [1.29, 1.82) is 0 Å². The van der Waals surface area contributed by atoms with Crippen LogP contribution in [0.25, 0.3) is 0 Å². The van der Waals surface area contributed by atoms with E-state index in [9.17, 15) is 4.79 Å². The van der Waals surface area contributed by atoms with Crippen LogP contribution in [0.2, 0.25) is 0 Å². The Bertz CT molecular complexity index is 417. The molecular formula is C15H22N2O. The molecule has 1 N–H and O–H groups in total. The summed E-state index contributed by atoms with van der Waals surface area (Å²) in [5, 5.41) is 3.27. The van der Waals surface area contributed by atoms with Crippen LogP contribution in [-0.2, 0) is 11.2 Å². The minimum Gasteiger partial charge on any atom is -0.341 e. The number of benzene rings is 1. The molecule has 98 valence electrons. The largest absolute Gasteiger partial charge is 0.341 e. The summed E-state index contributed by atoms with van der Waals surface area (Å²) in [7, 11) is 1.97. The fourth-order valence-electron chi connectivity index (χ4n) is 2.52. The van der Waals surface area contributed by atoms with Crippen LogP contribution in [0.3, 0.4) is 0 Å². The van der Waals surface area contributed by atoms with E-state index in [1.165, 1.54) is 12.0 Å². The molecule has 1 aliphatic heterocycles. The number of likely N-dealkylation sites (tertiary alicyclic amines) is 1. The molecule has 1 amide bonds. The number of carbonyl (C=O) groups excluding carboxylic acids is 1. The first-order chi connectivity index (χ1) is 8.70. The van der Waals surface area contributed by atoms with Crippen molar-refractivity contribution in [3.63, 3.8) is 0 Å². The summed E-state index contributed by atoms with van der Waals surface area (Å²) in [5.74, 6) is 0.254. The number of hydrogen-bond donors (Lipinski definition) is 1. The van der Waals surface area contributed by atoms with E-state index in [1.807, 2.05) is 30.1 Å². The number of rotatable bonds is 3. The van der Waals surface area contributed by atoms with Crippen molar-refractivity contribution in [1.82, 2.24) is 10.2 Å². The molecule has 0 unspecified atom stereocenters. The number of likely N-dealkylation sites (N-methyl/N-ethyl adjacent to an activating group) is 1. The molecule has 1 aromatic carbocycles. The highest BCUT2D eigenvalue weighted by Crippen LogP contribution is 2.14. The smallest absolute Gasteiger partial charge is 0.227 e. The Kier molecular flexibility index (Phi) is 4.37. The van der Waals surface area contributed by atoms with E-state index in [4.69, 9.17) is 0 Å². The van der Waals surface area contributed by atoms with E-state index in [1.54, 1.807) is 0 Å². The molecule has 3 nitrogen and oxygen atoms in total. The summed E-state index contributed by atoms with van der Waals surface area (Å²) in [6, 6.07) is 8.59. The summed E-state index contributed by atoms with van der Waals surface area (Å²) in [5.41, 5.74) is 2.35. The molecule has 0 spiro atoms. The lowest BCUT2D eigenvalue weighted by atomic mass is 10.0. The Balaban J connectivity index is 1.97. The maximum absolute atomic E-state index is 12.3. The zero-order chi connectivity index (χ0) is 13.0. The Morgan fingerprint density at radius 2 is 2.22 bits per heavy atom. The quantitative estimate of drug-likeness (QED) is 0.881. The van der Waals surface area contributed by atoms with Gasteiger partial charge in [-0.05, 0) is 37.9 Å². The molecule has 1 aromatic rings. The molecule has 1 heterocycles. The van der Waals surface area contributed by atoms with Gasteiger partial charge in [0.25, 0.3) is 0 Å². The predicted octanol–water partition coefficient (Wildman–Crippen LogP) is 1.75. The standard InChI is InChI=1S/C15H22N2O/c1-12-6-3-4-7-13(12)10-15(18)17-9-5-8-14(11-17)16-2/h3-4,6-7,14,16H,5,8-11H2,1-2H3/t14-/m1/s1. The van der Waals surface area contributed by atoms with Crippen LogP contribution in [0.5, 0.6) is 0 Å². The van der Waals surface area contributed by atoms with Crippen molar-refractivity contribution in [2.75, 3.05) is 20.1 Å². The van der Waals surface area contributed by atoms with Crippen molar-refractivity contribution in [3.05, 3.63) is 35.4 Å². The fourth-order valence-corrected chi connectivity index (χ4v) is 2.52. The van der Waals surface area contributed by atoms with E-state index in [0.717, 1.165) is 25.1 Å². The second-order valence-corrected chi connectivity index (χ2v) is 5.07. The lowest BCUT2D eigenvalue weighted by molar-refractivity contribution is -0.131. The van der Waals surface area contributed by atoms with Crippen molar-refractivity contribution < 1.29 is 4.79 Å². The van der Waals surface area contributed by atoms with Crippen LogP contribution >= 0.6 is 0 Å². The SMILES string of the molecule is CN[C@@H]1CCCN(C(=O)Cc2ccccc2C)C1. The predicted molar refractivity (Wildman–Crippen MR) is 73.5 cm³/mol. The molecule has 0 aromatic heterocycles. The number of nitrogens with one attached hydrogen (secondary N) is 1. The molecular weight excluding hydrogens is 224 g/mol. The van der Waals surface area contributed by atoms with Gasteiger partial charge in [-0.25, -0.2) is 0 Å². The number of nitrogens with zero attached hydrogens (tertiary/aromatic N) is 1. The molecule has 0 aliphatic carbocycles. The van der Waals surface area contributed by atoms with E-state index in [2.05, 4.69) is 18.3 Å². The second-order valence-electron chi connectivity index (χ2n) is 5.07. The molecule has 1 atom stereocenters. The van der Waals surface area contributed by atoms with Gasteiger partial charge >= 0.3 is 0 Å². The topological polar surface area (TPSA) is 32.3 Å². The minimum atomic E-state index is 0.254. The molecule has 0 bridgehead atoms. The van der Waals surface area contributed by atoms with Gasteiger partial charge in [0.05, 0.1) is 6.42 Å². The Hall–Kier alpha value is -1.35. The summed E-state index contributed by atoms with van der Waals surface area (Å²) in [6.07, 6.45) is 2.80. The van der Waals surface area contributed by atoms with Crippen molar-refractivity contribution in [3.8, 4) is 0 Å². The summed E-state index contributed by atoms with van der Waals surface area (Å²) in [6.45, 7) is 3.82. The first kappa shape index (κ1) is 13.1. The summed E-state index contributed by atoms with van der Waals surface area (Å²) in [4.78, 5) is 14.3.